The second kappa shape index (κ2) is 6.85. The third-order valence-corrected chi connectivity index (χ3v) is 3.65. The molecule has 0 amide bonds. The summed E-state index contributed by atoms with van der Waals surface area (Å²) in [6, 6.07) is 4.79. The van der Waals surface area contributed by atoms with Crippen LogP contribution in [-0.4, -0.2) is 37.9 Å². The van der Waals surface area contributed by atoms with Crippen LogP contribution in [-0.2, 0) is 15.7 Å². The summed E-state index contributed by atoms with van der Waals surface area (Å²) < 4.78 is 53.8. The molecule has 3 nitrogen and oxygen atoms in total. The van der Waals surface area contributed by atoms with Gasteiger partial charge in [0.05, 0.1) is 24.2 Å². The first-order valence-electron chi connectivity index (χ1n) is 6.50. The van der Waals surface area contributed by atoms with E-state index in [-0.39, 0.29) is 23.3 Å². The highest BCUT2D eigenvalue weighted by atomic mass is 35.5. The lowest BCUT2D eigenvalue weighted by atomic mass is 9.91. The van der Waals surface area contributed by atoms with Crippen LogP contribution in [0.5, 0.6) is 5.75 Å². The Bertz CT molecular complexity index is 467. The molecule has 0 radical (unpaired) electrons. The number of hydrogen-bond donors (Lipinski definition) is 0. The van der Waals surface area contributed by atoms with Gasteiger partial charge in [0, 0.05) is 13.5 Å². The van der Waals surface area contributed by atoms with Crippen LogP contribution in [0.2, 0.25) is 0 Å². The molecule has 3 atom stereocenters. The summed E-state index contributed by atoms with van der Waals surface area (Å²) in [6.45, 7) is 0.795. The van der Waals surface area contributed by atoms with Crippen LogP contribution in [0.1, 0.15) is 12.0 Å². The van der Waals surface area contributed by atoms with Crippen molar-refractivity contribution >= 4 is 11.6 Å². The van der Waals surface area contributed by atoms with Crippen molar-refractivity contribution in [3.63, 3.8) is 0 Å². The van der Waals surface area contributed by atoms with Crippen LogP contribution in [0.3, 0.4) is 0 Å². The second-order valence-electron chi connectivity index (χ2n) is 4.76. The van der Waals surface area contributed by atoms with Gasteiger partial charge >= 0.3 is 6.18 Å². The molecule has 21 heavy (non-hydrogen) atoms. The molecule has 1 aromatic carbocycles. The van der Waals surface area contributed by atoms with Gasteiger partial charge in [-0.25, -0.2) is 0 Å². The Morgan fingerprint density at radius 2 is 2.05 bits per heavy atom. The van der Waals surface area contributed by atoms with Crippen LogP contribution >= 0.6 is 11.6 Å². The average Bonchev–Trinajstić information content (AvgIpc) is 2.42. The maximum absolute atomic E-state index is 12.6. The van der Waals surface area contributed by atoms with Gasteiger partial charge in [-0.2, -0.15) is 13.2 Å². The highest BCUT2D eigenvalue weighted by Crippen LogP contribution is 2.35. The number of halogens is 4. The van der Waals surface area contributed by atoms with E-state index in [1.54, 1.807) is 7.11 Å². The van der Waals surface area contributed by atoms with Gasteiger partial charge in [0.15, 0.2) is 0 Å². The number of methoxy groups -OCH3 is 1. The van der Waals surface area contributed by atoms with Crippen molar-refractivity contribution < 1.29 is 27.4 Å². The Kier molecular flexibility index (Phi) is 5.35. The van der Waals surface area contributed by atoms with Crippen molar-refractivity contribution in [3.8, 4) is 5.75 Å². The van der Waals surface area contributed by atoms with Gasteiger partial charge in [-0.15, -0.1) is 11.6 Å². The maximum atomic E-state index is 12.6. The van der Waals surface area contributed by atoms with Crippen LogP contribution < -0.4 is 4.74 Å². The average molecular weight is 325 g/mol. The topological polar surface area (TPSA) is 27.7 Å². The van der Waals surface area contributed by atoms with Crippen LogP contribution in [0.15, 0.2) is 24.3 Å². The molecule has 0 aromatic heterocycles. The largest absolute Gasteiger partial charge is 0.488 e. The van der Waals surface area contributed by atoms with Crippen molar-refractivity contribution in [1.29, 1.82) is 0 Å². The number of ether oxygens (including phenoxy) is 3. The van der Waals surface area contributed by atoms with Crippen molar-refractivity contribution in [3.05, 3.63) is 29.8 Å². The number of hydrogen-bond acceptors (Lipinski definition) is 3. The molecule has 1 fully saturated rings. The van der Waals surface area contributed by atoms with Gasteiger partial charge in [-0.1, -0.05) is 6.07 Å². The van der Waals surface area contributed by atoms with Crippen LogP contribution in [0.4, 0.5) is 13.2 Å². The van der Waals surface area contributed by atoms with E-state index in [1.807, 2.05) is 0 Å². The smallest absolute Gasteiger partial charge is 0.416 e. The van der Waals surface area contributed by atoms with E-state index >= 15 is 0 Å². The van der Waals surface area contributed by atoms with E-state index in [0.717, 1.165) is 12.1 Å². The van der Waals surface area contributed by atoms with E-state index in [1.165, 1.54) is 12.1 Å². The summed E-state index contributed by atoms with van der Waals surface area (Å²) in [5.74, 6) is 0.165. The molecule has 0 N–H and O–H groups in total. The summed E-state index contributed by atoms with van der Waals surface area (Å²) in [5, 5.41) is -0.197. The van der Waals surface area contributed by atoms with Gasteiger partial charge in [0.25, 0.3) is 0 Å². The predicted octanol–water partition coefficient (Wildman–Crippen LogP) is 3.50. The molecule has 0 aliphatic heterocycles. The molecule has 7 heteroatoms. The first kappa shape index (κ1) is 16.4. The van der Waals surface area contributed by atoms with Crippen molar-refractivity contribution in [2.45, 2.75) is 30.2 Å². The van der Waals surface area contributed by atoms with Gasteiger partial charge in [-0.3, -0.25) is 0 Å². The minimum absolute atomic E-state index is 0.165. The molecule has 0 heterocycles. The molecular weight excluding hydrogens is 309 g/mol. The second-order valence-corrected chi connectivity index (χ2v) is 5.32. The number of benzene rings is 1. The quantitative estimate of drug-likeness (QED) is 0.592. The molecule has 118 valence electrons. The Balaban J connectivity index is 1.95. The minimum Gasteiger partial charge on any atom is -0.488 e. The Morgan fingerprint density at radius 1 is 1.29 bits per heavy atom. The maximum Gasteiger partial charge on any atom is 0.416 e. The summed E-state index contributed by atoms with van der Waals surface area (Å²) in [6.07, 6.45) is -4.53. The van der Waals surface area contributed by atoms with Crippen LogP contribution in [0.25, 0.3) is 0 Å². The monoisotopic (exact) mass is 324 g/mol. The molecule has 0 saturated heterocycles. The molecule has 1 aliphatic carbocycles. The van der Waals surface area contributed by atoms with Crippen molar-refractivity contribution in [2.75, 3.05) is 20.3 Å². The standard InChI is InChI=1S/C14H16ClF3O3/c1-19-5-6-20-13-11(15)8-12(13)21-10-4-2-3-9(7-10)14(16,17)18/h2-4,7,11-13H,5-6,8H2,1H3. The van der Waals surface area contributed by atoms with Crippen LogP contribution in [0, 0.1) is 0 Å². The van der Waals surface area contributed by atoms with Gasteiger partial charge in [0.1, 0.15) is 18.0 Å². The molecule has 1 aliphatic rings. The Labute approximate surface area is 125 Å². The third-order valence-electron chi connectivity index (χ3n) is 3.23. The molecule has 1 saturated carbocycles. The van der Waals surface area contributed by atoms with Gasteiger partial charge < -0.3 is 14.2 Å². The fourth-order valence-electron chi connectivity index (χ4n) is 2.04. The normalized spacial score (nSPS) is 25.5. The van der Waals surface area contributed by atoms with Crippen molar-refractivity contribution in [1.82, 2.24) is 0 Å². The zero-order valence-corrected chi connectivity index (χ0v) is 12.2. The fraction of sp³-hybridized carbons (Fsp3) is 0.571. The number of alkyl halides is 4. The van der Waals surface area contributed by atoms with E-state index in [4.69, 9.17) is 25.8 Å². The Morgan fingerprint density at radius 3 is 2.67 bits per heavy atom. The highest BCUT2D eigenvalue weighted by molar-refractivity contribution is 6.21. The van der Waals surface area contributed by atoms with E-state index in [2.05, 4.69) is 0 Å². The third kappa shape index (κ3) is 4.25. The molecule has 0 spiro atoms. The zero-order valence-electron chi connectivity index (χ0n) is 11.4. The lowest BCUT2D eigenvalue weighted by Crippen LogP contribution is -2.53. The van der Waals surface area contributed by atoms with E-state index in [0.29, 0.717) is 19.6 Å². The molecular formula is C14H16ClF3O3. The summed E-state index contributed by atoms with van der Waals surface area (Å²) in [5.41, 5.74) is -0.737. The van der Waals surface area contributed by atoms with Gasteiger partial charge in [-0.05, 0) is 18.2 Å². The van der Waals surface area contributed by atoms with Crippen molar-refractivity contribution in [2.24, 2.45) is 0 Å². The zero-order chi connectivity index (χ0) is 15.5. The highest BCUT2D eigenvalue weighted by Gasteiger charge is 2.43. The first-order valence-corrected chi connectivity index (χ1v) is 6.94. The number of rotatable bonds is 6. The SMILES string of the molecule is COCCOC1C(Cl)CC1Oc1cccc(C(F)(F)F)c1. The summed E-state index contributed by atoms with van der Waals surface area (Å²) in [4.78, 5) is 0. The molecule has 1 aromatic rings. The Hall–Kier alpha value is -0.980. The van der Waals surface area contributed by atoms with Gasteiger partial charge in [0.2, 0.25) is 0 Å². The summed E-state index contributed by atoms with van der Waals surface area (Å²) in [7, 11) is 1.55. The molecule has 2 rings (SSSR count). The summed E-state index contributed by atoms with van der Waals surface area (Å²) >= 11 is 6.03. The van der Waals surface area contributed by atoms with E-state index < -0.39 is 11.7 Å². The molecule has 3 unspecified atom stereocenters. The van der Waals surface area contributed by atoms with E-state index in [9.17, 15) is 13.2 Å². The minimum atomic E-state index is -4.39. The first-order chi connectivity index (χ1) is 9.91. The fourth-order valence-corrected chi connectivity index (χ4v) is 2.45. The lowest BCUT2D eigenvalue weighted by molar-refractivity contribution is -0.137. The predicted molar refractivity (Wildman–Crippen MR) is 71.7 cm³/mol. The molecule has 0 bridgehead atoms. The lowest BCUT2D eigenvalue weighted by Gasteiger charge is -2.40.